The molecule has 0 aromatic carbocycles. The minimum absolute atomic E-state index is 0.174. The van der Waals surface area contributed by atoms with E-state index in [2.05, 4.69) is 9.88 Å². The van der Waals surface area contributed by atoms with Crippen LogP contribution >= 0.6 is 0 Å². The smallest absolute Gasteiger partial charge is 0.227 e. The summed E-state index contributed by atoms with van der Waals surface area (Å²) in [6, 6.07) is 0. The van der Waals surface area contributed by atoms with E-state index < -0.39 is 9.84 Å². The molecule has 0 saturated carbocycles. The highest BCUT2D eigenvalue weighted by atomic mass is 32.2. The summed E-state index contributed by atoms with van der Waals surface area (Å²) >= 11 is 0. The predicted molar refractivity (Wildman–Crippen MR) is 85.6 cm³/mol. The third-order valence-corrected chi connectivity index (χ3v) is 5.04. The van der Waals surface area contributed by atoms with Gasteiger partial charge in [-0.1, -0.05) is 12.8 Å². The van der Waals surface area contributed by atoms with E-state index >= 15 is 0 Å². The summed E-state index contributed by atoms with van der Waals surface area (Å²) in [4.78, 5) is 6.57. The highest BCUT2D eigenvalue weighted by Crippen LogP contribution is 2.17. The molecule has 126 valence electrons. The van der Waals surface area contributed by atoms with Crippen molar-refractivity contribution in [1.82, 2.24) is 14.5 Å². The van der Waals surface area contributed by atoms with Crippen molar-refractivity contribution in [3.05, 3.63) is 11.9 Å². The van der Waals surface area contributed by atoms with E-state index in [1.807, 2.05) is 4.57 Å². The topological polar surface area (TPSA) is 64.4 Å². The summed E-state index contributed by atoms with van der Waals surface area (Å²) in [7, 11) is -1.65. The van der Waals surface area contributed by atoms with E-state index in [-0.39, 0.29) is 5.16 Å². The van der Waals surface area contributed by atoms with Crippen LogP contribution in [0.5, 0.6) is 0 Å². The number of ether oxygens (including phenoxy) is 1. The zero-order valence-corrected chi connectivity index (χ0v) is 14.4. The summed E-state index contributed by atoms with van der Waals surface area (Å²) in [6.45, 7) is 4.17. The molecule has 2 rings (SSSR count). The second kappa shape index (κ2) is 8.08. The van der Waals surface area contributed by atoms with Gasteiger partial charge in [0.15, 0.2) is 0 Å². The summed E-state index contributed by atoms with van der Waals surface area (Å²) in [5.74, 6) is 0. The molecule has 1 aliphatic rings. The van der Waals surface area contributed by atoms with Crippen LogP contribution < -0.4 is 0 Å². The number of imidazole rings is 1. The van der Waals surface area contributed by atoms with Gasteiger partial charge in [-0.3, -0.25) is 4.90 Å². The Morgan fingerprint density at radius 2 is 1.91 bits per heavy atom. The molecule has 2 heterocycles. The molecule has 1 fully saturated rings. The standard InChI is InChI=1S/C15H27N3O3S/c1-21-11-7-10-18-14(12-16-15(18)22(2,19)20)13-17-8-5-3-4-6-9-17/h12H,3-11,13H2,1-2H3. The lowest BCUT2D eigenvalue weighted by molar-refractivity contribution is 0.188. The van der Waals surface area contributed by atoms with Crippen molar-refractivity contribution in [1.29, 1.82) is 0 Å². The maximum absolute atomic E-state index is 11.9. The van der Waals surface area contributed by atoms with Gasteiger partial charge in [-0.05, 0) is 32.4 Å². The van der Waals surface area contributed by atoms with Crippen LogP contribution in [-0.2, 0) is 27.7 Å². The second-order valence-corrected chi connectivity index (χ2v) is 7.90. The van der Waals surface area contributed by atoms with E-state index in [9.17, 15) is 8.42 Å². The first-order chi connectivity index (χ1) is 10.5. The number of likely N-dealkylation sites (tertiary alicyclic amines) is 1. The SMILES string of the molecule is COCCCn1c(CN2CCCCCC2)cnc1S(C)(=O)=O. The van der Waals surface area contributed by atoms with Gasteiger partial charge in [0.05, 0.1) is 11.9 Å². The van der Waals surface area contributed by atoms with E-state index in [0.717, 1.165) is 31.7 Å². The molecule has 0 atom stereocenters. The number of rotatable bonds is 7. The first kappa shape index (κ1) is 17.4. The third kappa shape index (κ3) is 4.79. The number of methoxy groups -OCH3 is 1. The van der Waals surface area contributed by atoms with Crippen LogP contribution in [-0.4, -0.2) is 55.9 Å². The molecular formula is C15H27N3O3S. The number of hydrogen-bond acceptors (Lipinski definition) is 5. The molecule has 0 aliphatic carbocycles. The lowest BCUT2D eigenvalue weighted by atomic mass is 10.2. The number of sulfone groups is 1. The van der Waals surface area contributed by atoms with Crippen LogP contribution in [0.3, 0.4) is 0 Å². The summed E-state index contributed by atoms with van der Waals surface area (Å²) in [5, 5.41) is 0.174. The molecule has 0 amide bonds. The molecule has 0 bridgehead atoms. The van der Waals surface area contributed by atoms with Crippen LogP contribution in [0.1, 0.15) is 37.8 Å². The average molecular weight is 329 g/mol. The van der Waals surface area contributed by atoms with Crippen LogP contribution in [0.25, 0.3) is 0 Å². The fourth-order valence-corrected chi connectivity index (χ4v) is 3.80. The monoisotopic (exact) mass is 329 g/mol. The molecule has 6 nitrogen and oxygen atoms in total. The van der Waals surface area contributed by atoms with Gasteiger partial charge in [0.1, 0.15) is 0 Å². The Balaban J connectivity index is 2.16. The molecule has 7 heteroatoms. The predicted octanol–water partition coefficient (Wildman–Crippen LogP) is 1.70. The average Bonchev–Trinajstić information content (AvgIpc) is 2.68. The van der Waals surface area contributed by atoms with Gasteiger partial charge < -0.3 is 9.30 Å². The van der Waals surface area contributed by atoms with Crippen molar-refractivity contribution in [3.8, 4) is 0 Å². The van der Waals surface area contributed by atoms with E-state index in [0.29, 0.717) is 13.2 Å². The van der Waals surface area contributed by atoms with Gasteiger partial charge in [-0.2, -0.15) is 0 Å². The minimum atomic E-state index is -3.31. The third-order valence-electron chi connectivity index (χ3n) is 4.05. The first-order valence-corrected chi connectivity index (χ1v) is 9.87. The lowest BCUT2D eigenvalue weighted by Gasteiger charge is -2.21. The molecule has 0 spiro atoms. The number of nitrogens with zero attached hydrogens (tertiary/aromatic N) is 3. The van der Waals surface area contributed by atoms with Gasteiger partial charge in [0.25, 0.3) is 0 Å². The molecule has 1 aliphatic heterocycles. The summed E-state index contributed by atoms with van der Waals surface area (Å²) in [6.07, 6.45) is 8.73. The van der Waals surface area contributed by atoms with Gasteiger partial charge >= 0.3 is 0 Å². The largest absolute Gasteiger partial charge is 0.385 e. The van der Waals surface area contributed by atoms with Crippen LogP contribution in [0.2, 0.25) is 0 Å². The Hall–Kier alpha value is -0.920. The van der Waals surface area contributed by atoms with Gasteiger partial charge in [-0.15, -0.1) is 0 Å². The van der Waals surface area contributed by atoms with Crippen molar-refractivity contribution >= 4 is 9.84 Å². The Kier molecular flexibility index (Phi) is 6.40. The highest BCUT2D eigenvalue weighted by Gasteiger charge is 2.20. The Morgan fingerprint density at radius 1 is 1.23 bits per heavy atom. The zero-order chi connectivity index (χ0) is 16.0. The molecule has 1 saturated heterocycles. The Morgan fingerprint density at radius 3 is 2.50 bits per heavy atom. The van der Waals surface area contributed by atoms with Crippen LogP contribution in [0.15, 0.2) is 11.4 Å². The van der Waals surface area contributed by atoms with Gasteiger partial charge in [-0.25, -0.2) is 13.4 Å². The van der Waals surface area contributed by atoms with E-state index in [4.69, 9.17) is 4.74 Å². The quantitative estimate of drug-likeness (QED) is 0.713. The second-order valence-electron chi connectivity index (χ2n) is 5.99. The molecule has 22 heavy (non-hydrogen) atoms. The van der Waals surface area contributed by atoms with Gasteiger partial charge in [0, 0.05) is 33.1 Å². The maximum atomic E-state index is 11.9. The number of hydrogen-bond donors (Lipinski definition) is 0. The van der Waals surface area contributed by atoms with Crippen molar-refractivity contribution in [2.45, 2.75) is 50.4 Å². The molecule has 1 aromatic heterocycles. The first-order valence-electron chi connectivity index (χ1n) is 7.98. The van der Waals surface area contributed by atoms with Crippen molar-refractivity contribution < 1.29 is 13.2 Å². The molecule has 0 N–H and O–H groups in total. The summed E-state index contributed by atoms with van der Waals surface area (Å²) < 4.78 is 30.8. The highest BCUT2D eigenvalue weighted by molar-refractivity contribution is 7.90. The molecule has 1 aromatic rings. The van der Waals surface area contributed by atoms with Crippen molar-refractivity contribution in [2.24, 2.45) is 0 Å². The maximum Gasteiger partial charge on any atom is 0.227 e. The van der Waals surface area contributed by atoms with Crippen LogP contribution in [0, 0.1) is 0 Å². The lowest BCUT2D eigenvalue weighted by Crippen LogP contribution is -2.26. The normalized spacial score (nSPS) is 17.5. The van der Waals surface area contributed by atoms with Crippen molar-refractivity contribution in [2.75, 3.05) is 33.1 Å². The summed E-state index contributed by atoms with van der Waals surface area (Å²) in [5.41, 5.74) is 0.985. The minimum Gasteiger partial charge on any atom is -0.385 e. The fraction of sp³-hybridized carbons (Fsp3) is 0.800. The van der Waals surface area contributed by atoms with E-state index in [1.54, 1.807) is 13.3 Å². The van der Waals surface area contributed by atoms with Gasteiger partial charge in [0.2, 0.25) is 15.0 Å². The Bertz CT molecular complexity index is 561. The Labute approximate surface area is 133 Å². The molecule has 0 unspecified atom stereocenters. The zero-order valence-electron chi connectivity index (χ0n) is 13.6. The fourth-order valence-electron chi connectivity index (χ4n) is 2.94. The molecular weight excluding hydrogens is 302 g/mol. The van der Waals surface area contributed by atoms with Crippen molar-refractivity contribution in [3.63, 3.8) is 0 Å². The van der Waals surface area contributed by atoms with Crippen LogP contribution in [0.4, 0.5) is 0 Å². The molecule has 0 radical (unpaired) electrons. The number of aromatic nitrogens is 2. The van der Waals surface area contributed by atoms with E-state index in [1.165, 1.54) is 31.9 Å².